The number of carboxylic acids is 1. The monoisotopic (exact) mass is 446 g/mol. The smallest absolute Gasteiger partial charge is 0.326 e. The minimum atomic E-state index is -1.20. The van der Waals surface area contributed by atoms with Gasteiger partial charge in [-0.2, -0.15) is 11.8 Å². The van der Waals surface area contributed by atoms with Crippen molar-refractivity contribution >= 4 is 35.5 Å². The number of hydrogen-bond donors (Lipinski definition) is 6. The lowest BCUT2D eigenvalue weighted by Crippen LogP contribution is -2.58. The van der Waals surface area contributed by atoms with E-state index in [1.165, 1.54) is 11.8 Å². The molecule has 30 heavy (non-hydrogen) atoms. The fourth-order valence-electron chi connectivity index (χ4n) is 3.09. The average molecular weight is 447 g/mol. The van der Waals surface area contributed by atoms with Crippen molar-refractivity contribution in [2.45, 2.75) is 63.7 Å². The standard InChI is InChI=1S/C19H34N4O6S/c1-4-11(2)15(19(28)29)23-17(26)13(7-9-30-3)21-18(27)14(10-24)22-16(25)12-6-5-8-20-12/h11-15,20,24H,4-10H2,1-3H3,(H,21,27)(H,22,25)(H,23,26)(H,28,29). The Kier molecular flexibility index (Phi) is 11.7. The molecule has 1 rings (SSSR count). The van der Waals surface area contributed by atoms with Gasteiger partial charge in [-0.25, -0.2) is 4.79 Å². The van der Waals surface area contributed by atoms with Crippen molar-refractivity contribution in [3.63, 3.8) is 0 Å². The Bertz CT molecular complexity index is 600. The van der Waals surface area contributed by atoms with Gasteiger partial charge in [-0.1, -0.05) is 20.3 Å². The summed E-state index contributed by atoms with van der Waals surface area (Å²) in [4.78, 5) is 49.0. The lowest BCUT2D eigenvalue weighted by Gasteiger charge is -2.26. The third-order valence-electron chi connectivity index (χ3n) is 5.21. The molecule has 0 spiro atoms. The third kappa shape index (κ3) is 8.11. The Labute approximate surface area is 181 Å². The highest BCUT2D eigenvalue weighted by molar-refractivity contribution is 7.98. The molecule has 10 nitrogen and oxygen atoms in total. The molecule has 6 N–H and O–H groups in total. The zero-order valence-electron chi connectivity index (χ0n) is 17.8. The number of aliphatic hydroxyl groups is 1. The van der Waals surface area contributed by atoms with Gasteiger partial charge in [0, 0.05) is 0 Å². The summed E-state index contributed by atoms with van der Waals surface area (Å²) in [5, 5.41) is 29.5. The van der Waals surface area contributed by atoms with E-state index in [1.54, 1.807) is 6.92 Å². The highest BCUT2D eigenvalue weighted by Gasteiger charge is 2.32. The molecule has 0 aromatic heterocycles. The van der Waals surface area contributed by atoms with Gasteiger partial charge in [-0.05, 0) is 43.7 Å². The second kappa shape index (κ2) is 13.5. The van der Waals surface area contributed by atoms with Crippen LogP contribution in [0.25, 0.3) is 0 Å². The van der Waals surface area contributed by atoms with Crippen molar-refractivity contribution in [3.8, 4) is 0 Å². The van der Waals surface area contributed by atoms with E-state index in [0.29, 0.717) is 25.1 Å². The Balaban J connectivity index is 2.80. The van der Waals surface area contributed by atoms with Crippen LogP contribution in [0.5, 0.6) is 0 Å². The first kappa shape index (κ1) is 26.2. The summed E-state index contributed by atoms with van der Waals surface area (Å²) in [5.74, 6) is -2.55. The molecule has 1 heterocycles. The van der Waals surface area contributed by atoms with E-state index < -0.39 is 48.6 Å². The van der Waals surface area contributed by atoms with Crippen molar-refractivity contribution in [2.24, 2.45) is 5.92 Å². The summed E-state index contributed by atoms with van der Waals surface area (Å²) in [6.45, 7) is 3.65. The van der Waals surface area contributed by atoms with Crippen LogP contribution in [0.2, 0.25) is 0 Å². The largest absolute Gasteiger partial charge is 0.480 e. The normalized spacial score (nSPS) is 19.9. The molecule has 1 aliphatic rings. The number of aliphatic carboxylic acids is 1. The summed E-state index contributed by atoms with van der Waals surface area (Å²) in [7, 11) is 0. The highest BCUT2D eigenvalue weighted by Crippen LogP contribution is 2.10. The van der Waals surface area contributed by atoms with Crippen LogP contribution < -0.4 is 21.3 Å². The van der Waals surface area contributed by atoms with Gasteiger partial charge in [-0.3, -0.25) is 14.4 Å². The number of hydrogen-bond acceptors (Lipinski definition) is 7. The number of carboxylic acid groups (broad SMARTS) is 1. The van der Waals surface area contributed by atoms with Crippen molar-refractivity contribution < 1.29 is 29.4 Å². The number of amides is 3. The van der Waals surface area contributed by atoms with Crippen LogP contribution in [0.15, 0.2) is 0 Å². The van der Waals surface area contributed by atoms with E-state index >= 15 is 0 Å². The molecule has 1 fully saturated rings. The van der Waals surface area contributed by atoms with Crippen LogP contribution in [-0.4, -0.2) is 83.2 Å². The van der Waals surface area contributed by atoms with Crippen LogP contribution >= 0.6 is 11.8 Å². The number of rotatable bonds is 13. The topological polar surface area (TPSA) is 157 Å². The SMILES string of the molecule is CCC(C)C(NC(=O)C(CCSC)NC(=O)C(CO)NC(=O)C1CCCN1)C(=O)O. The van der Waals surface area contributed by atoms with Gasteiger partial charge in [0.1, 0.15) is 18.1 Å². The van der Waals surface area contributed by atoms with Crippen molar-refractivity contribution in [2.75, 3.05) is 25.2 Å². The molecule has 172 valence electrons. The number of carbonyl (C=O) groups excluding carboxylic acids is 3. The molecule has 0 saturated carbocycles. The molecule has 1 saturated heterocycles. The summed E-state index contributed by atoms with van der Waals surface area (Å²) in [6.07, 6.45) is 4.19. The molecular formula is C19H34N4O6S. The minimum Gasteiger partial charge on any atom is -0.480 e. The van der Waals surface area contributed by atoms with Crippen LogP contribution in [0.4, 0.5) is 0 Å². The predicted octanol–water partition coefficient (Wildman–Crippen LogP) is -0.931. The second-order valence-electron chi connectivity index (χ2n) is 7.45. The second-order valence-corrected chi connectivity index (χ2v) is 8.43. The first-order chi connectivity index (χ1) is 14.2. The van der Waals surface area contributed by atoms with E-state index in [0.717, 1.165) is 6.42 Å². The molecule has 0 radical (unpaired) electrons. The number of nitrogens with one attached hydrogen (secondary N) is 4. The first-order valence-electron chi connectivity index (χ1n) is 10.2. The molecule has 3 amide bonds. The fraction of sp³-hybridized carbons (Fsp3) is 0.789. The van der Waals surface area contributed by atoms with Crippen LogP contribution in [0.1, 0.15) is 39.5 Å². The molecular weight excluding hydrogens is 412 g/mol. The van der Waals surface area contributed by atoms with Gasteiger partial charge >= 0.3 is 5.97 Å². The van der Waals surface area contributed by atoms with E-state index in [1.807, 2.05) is 13.2 Å². The fourth-order valence-corrected chi connectivity index (χ4v) is 3.56. The highest BCUT2D eigenvalue weighted by atomic mass is 32.2. The lowest BCUT2D eigenvalue weighted by atomic mass is 9.98. The quantitative estimate of drug-likeness (QED) is 0.212. The van der Waals surface area contributed by atoms with Gasteiger partial charge in [0.05, 0.1) is 12.6 Å². The van der Waals surface area contributed by atoms with Crippen LogP contribution in [0.3, 0.4) is 0 Å². The van der Waals surface area contributed by atoms with E-state index in [-0.39, 0.29) is 18.2 Å². The summed E-state index contributed by atoms with van der Waals surface area (Å²) in [5.41, 5.74) is 0. The summed E-state index contributed by atoms with van der Waals surface area (Å²) < 4.78 is 0. The zero-order chi connectivity index (χ0) is 22.7. The predicted molar refractivity (Wildman–Crippen MR) is 114 cm³/mol. The van der Waals surface area contributed by atoms with Crippen LogP contribution in [-0.2, 0) is 19.2 Å². The summed E-state index contributed by atoms with van der Waals surface area (Å²) >= 11 is 1.48. The van der Waals surface area contributed by atoms with E-state index in [2.05, 4.69) is 21.3 Å². The van der Waals surface area contributed by atoms with Crippen LogP contribution in [0, 0.1) is 5.92 Å². The first-order valence-corrected chi connectivity index (χ1v) is 11.6. The maximum Gasteiger partial charge on any atom is 0.326 e. The lowest BCUT2D eigenvalue weighted by molar-refractivity contribution is -0.143. The number of carbonyl (C=O) groups is 4. The molecule has 5 atom stereocenters. The van der Waals surface area contributed by atoms with Gasteiger partial charge in [0.2, 0.25) is 17.7 Å². The molecule has 0 aliphatic carbocycles. The molecule has 0 bridgehead atoms. The maximum absolute atomic E-state index is 12.7. The average Bonchev–Trinajstić information content (AvgIpc) is 3.26. The molecule has 11 heteroatoms. The summed E-state index contributed by atoms with van der Waals surface area (Å²) in [6, 6.07) is -3.66. The van der Waals surface area contributed by atoms with Gasteiger partial charge in [-0.15, -0.1) is 0 Å². The van der Waals surface area contributed by atoms with Crippen molar-refractivity contribution in [3.05, 3.63) is 0 Å². The van der Waals surface area contributed by atoms with Crippen molar-refractivity contribution in [1.82, 2.24) is 21.3 Å². The molecule has 0 aromatic rings. The van der Waals surface area contributed by atoms with Gasteiger partial charge in [0.15, 0.2) is 0 Å². The number of aliphatic hydroxyl groups excluding tert-OH is 1. The molecule has 1 aliphatic heterocycles. The Hall–Kier alpha value is -1.85. The Morgan fingerprint density at radius 3 is 2.30 bits per heavy atom. The van der Waals surface area contributed by atoms with Gasteiger partial charge < -0.3 is 31.5 Å². The third-order valence-corrected chi connectivity index (χ3v) is 5.86. The van der Waals surface area contributed by atoms with Crippen molar-refractivity contribution in [1.29, 1.82) is 0 Å². The number of thioether (sulfide) groups is 1. The Morgan fingerprint density at radius 2 is 1.80 bits per heavy atom. The van der Waals surface area contributed by atoms with E-state index in [4.69, 9.17) is 0 Å². The molecule has 0 aromatic carbocycles. The molecule has 5 unspecified atom stereocenters. The zero-order valence-corrected chi connectivity index (χ0v) is 18.6. The minimum absolute atomic E-state index is 0.280. The Morgan fingerprint density at radius 1 is 1.13 bits per heavy atom. The maximum atomic E-state index is 12.7. The van der Waals surface area contributed by atoms with E-state index in [9.17, 15) is 29.4 Å². The van der Waals surface area contributed by atoms with Gasteiger partial charge in [0.25, 0.3) is 0 Å².